The number of thiocarbonyl (C=S) groups is 1. The monoisotopic (exact) mass is 318 g/mol. The van der Waals surface area contributed by atoms with Gasteiger partial charge in [0.2, 0.25) is 10.0 Å². The Morgan fingerprint density at radius 3 is 2.58 bits per heavy atom. The van der Waals surface area contributed by atoms with Crippen LogP contribution in [0, 0.1) is 0 Å². The lowest BCUT2D eigenvalue weighted by atomic mass is 10.4. The number of rotatable bonds is 6. The minimum Gasteiger partial charge on any atom is -0.393 e. The largest absolute Gasteiger partial charge is 0.393 e. The predicted octanol–water partition coefficient (Wildman–Crippen LogP) is 2.17. The molecule has 0 spiro atoms. The highest BCUT2D eigenvalue weighted by Crippen LogP contribution is 2.34. The number of nitrogens with zero attached hydrogens (tertiary/aromatic N) is 1. The van der Waals surface area contributed by atoms with Crippen LogP contribution in [0.2, 0.25) is 5.02 Å². The van der Waals surface area contributed by atoms with Gasteiger partial charge in [-0.1, -0.05) is 36.0 Å². The topological polar surface area (TPSA) is 63.4 Å². The minimum atomic E-state index is -3.58. The molecule has 0 atom stereocenters. The fourth-order valence-electron chi connectivity index (χ4n) is 1.86. The molecule has 104 valence electrons. The van der Waals surface area contributed by atoms with Crippen molar-refractivity contribution in [3.05, 3.63) is 29.3 Å². The van der Waals surface area contributed by atoms with Gasteiger partial charge in [0.1, 0.15) is 4.90 Å². The number of nitrogens with two attached hydrogens (primary N) is 1. The summed E-state index contributed by atoms with van der Waals surface area (Å²) in [6, 6.07) is 6.52. The Kier molecular flexibility index (Phi) is 4.45. The van der Waals surface area contributed by atoms with E-state index in [0.717, 1.165) is 12.8 Å². The van der Waals surface area contributed by atoms with Crippen LogP contribution in [-0.2, 0) is 10.0 Å². The smallest absolute Gasteiger partial charge is 0.244 e. The molecule has 0 aliphatic heterocycles. The maximum Gasteiger partial charge on any atom is 0.244 e. The van der Waals surface area contributed by atoms with Crippen LogP contribution in [0.4, 0.5) is 0 Å². The van der Waals surface area contributed by atoms with Crippen LogP contribution in [-0.4, -0.2) is 30.3 Å². The summed E-state index contributed by atoms with van der Waals surface area (Å²) in [5, 5.41) is 0.239. The third-order valence-electron chi connectivity index (χ3n) is 2.96. The van der Waals surface area contributed by atoms with Crippen molar-refractivity contribution in [1.82, 2.24) is 4.31 Å². The first-order valence-corrected chi connectivity index (χ1v) is 8.20. The maximum atomic E-state index is 12.6. The van der Waals surface area contributed by atoms with E-state index in [0.29, 0.717) is 18.0 Å². The predicted molar refractivity (Wildman–Crippen MR) is 79.8 cm³/mol. The van der Waals surface area contributed by atoms with Gasteiger partial charge in [0.25, 0.3) is 0 Å². The zero-order chi connectivity index (χ0) is 14.0. The van der Waals surface area contributed by atoms with Gasteiger partial charge in [0, 0.05) is 19.0 Å². The van der Waals surface area contributed by atoms with Gasteiger partial charge in [0.15, 0.2) is 0 Å². The van der Waals surface area contributed by atoms with Gasteiger partial charge in [-0.2, -0.15) is 4.31 Å². The third kappa shape index (κ3) is 3.45. The first kappa shape index (κ1) is 14.7. The molecule has 19 heavy (non-hydrogen) atoms. The van der Waals surface area contributed by atoms with Gasteiger partial charge in [-0.05, 0) is 25.0 Å². The number of benzene rings is 1. The zero-order valence-electron chi connectivity index (χ0n) is 10.3. The van der Waals surface area contributed by atoms with Crippen LogP contribution >= 0.6 is 23.8 Å². The van der Waals surface area contributed by atoms with Gasteiger partial charge in [-0.25, -0.2) is 8.42 Å². The Labute approximate surface area is 123 Å². The Morgan fingerprint density at radius 2 is 2.05 bits per heavy atom. The SMILES string of the molecule is NC(=S)CCN(C1CC1)S(=O)(=O)c1ccccc1Cl. The van der Waals surface area contributed by atoms with E-state index in [-0.39, 0.29) is 16.0 Å². The van der Waals surface area contributed by atoms with Gasteiger partial charge in [-0.15, -0.1) is 0 Å². The number of sulfonamides is 1. The lowest BCUT2D eigenvalue weighted by molar-refractivity contribution is 0.413. The highest BCUT2D eigenvalue weighted by atomic mass is 35.5. The molecule has 1 aliphatic carbocycles. The van der Waals surface area contributed by atoms with Crippen LogP contribution in [0.15, 0.2) is 29.2 Å². The Hall–Kier alpha value is -0.690. The molecule has 7 heteroatoms. The quantitative estimate of drug-likeness (QED) is 0.816. The van der Waals surface area contributed by atoms with Crippen LogP contribution < -0.4 is 5.73 Å². The van der Waals surface area contributed by atoms with E-state index in [4.69, 9.17) is 29.6 Å². The fraction of sp³-hybridized carbons (Fsp3) is 0.417. The molecule has 0 heterocycles. The molecule has 0 saturated heterocycles. The minimum absolute atomic E-state index is 0.0515. The molecule has 1 saturated carbocycles. The Balaban J connectivity index is 2.29. The molecule has 1 aliphatic rings. The molecule has 0 aromatic heterocycles. The summed E-state index contributed by atoms with van der Waals surface area (Å²) in [5.41, 5.74) is 5.46. The van der Waals surface area contributed by atoms with Gasteiger partial charge in [0.05, 0.1) is 10.0 Å². The second-order valence-electron chi connectivity index (χ2n) is 4.49. The zero-order valence-corrected chi connectivity index (χ0v) is 12.6. The fourth-order valence-corrected chi connectivity index (χ4v) is 4.13. The molecule has 0 bridgehead atoms. The average Bonchev–Trinajstić information content (AvgIpc) is 3.13. The van der Waals surface area contributed by atoms with Crippen LogP contribution in [0.1, 0.15) is 19.3 Å². The van der Waals surface area contributed by atoms with Crippen LogP contribution in [0.5, 0.6) is 0 Å². The number of hydrogen-bond donors (Lipinski definition) is 1. The van der Waals surface area contributed by atoms with Crippen molar-refractivity contribution in [2.45, 2.75) is 30.2 Å². The molecular weight excluding hydrogens is 304 g/mol. The van der Waals surface area contributed by atoms with E-state index in [2.05, 4.69) is 0 Å². The van der Waals surface area contributed by atoms with E-state index in [9.17, 15) is 8.42 Å². The molecule has 1 aromatic rings. The summed E-state index contributed by atoms with van der Waals surface area (Å²) < 4.78 is 26.7. The average molecular weight is 319 g/mol. The van der Waals surface area contributed by atoms with Crippen LogP contribution in [0.25, 0.3) is 0 Å². The Morgan fingerprint density at radius 1 is 1.42 bits per heavy atom. The molecular formula is C12H15ClN2O2S2. The third-order valence-corrected chi connectivity index (χ3v) is 5.61. The summed E-state index contributed by atoms with van der Waals surface area (Å²) in [6.45, 7) is 0.313. The summed E-state index contributed by atoms with van der Waals surface area (Å²) in [5.74, 6) is 0. The van der Waals surface area contributed by atoms with Gasteiger partial charge < -0.3 is 5.73 Å². The molecule has 2 rings (SSSR count). The summed E-state index contributed by atoms with van der Waals surface area (Å²) in [4.78, 5) is 0.464. The van der Waals surface area contributed by atoms with Crippen molar-refractivity contribution in [2.24, 2.45) is 5.73 Å². The van der Waals surface area contributed by atoms with E-state index in [1.54, 1.807) is 18.2 Å². The highest BCUT2D eigenvalue weighted by molar-refractivity contribution is 7.89. The standard InChI is InChI=1S/C12H15ClN2O2S2/c13-10-3-1-2-4-11(10)19(16,17)15(9-5-6-9)8-7-12(14)18/h1-4,9H,5-8H2,(H2,14,18). The van der Waals surface area contributed by atoms with Crippen molar-refractivity contribution >= 4 is 38.8 Å². The molecule has 1 fully saturated rings. The molecule has 1 aromatic carbocycles. The lowest BCUT2D eigenvalue weighted by Gasteiger charge is -2.22. The second-order valence-corrected chi connectivity index (χ2v) is 7.28. The first-order chi connectivity index (χ1) is 8.93. The number of hydrogen-bond acceptors (Lipinski definition) is 3. The maximum absolute atomic E-state index is 12.6. The number of halogens is 1. The van der Waals surface area contributed by atoms with E-state index < -0.39 is 10.0 Å². The molecule has 0 radical (unpaired) electrons. The van der Waals surface area contributed by atoms with Crippen molar-refractivity contribution in [2.75, 3.05) is 6.54 Å². The van der Waals surface area contributed by atoms with Crippen molar-refractivity contribution in [1.29, 1.82) is 0 Å². The second kappa shape index (κ2) is 5.75. The highest BCUT2D eigenvalue weighted by Gasteiger charge is 2.38. The van der Waals surface area contributed by atoms with Crippen molar-refractivity contribution < 1.29 is 8.42 Å². The summed E-state index contributed by atoms with van der Waals surface area (Å²) in [6.07, 6.45) is 2.14. The van der Waals surface area contributed by atoms with E-state index >= 15 is 0 Å². The van der Waals surface area contributed by atoms with Crippen molar-refractivity contribution in [3.63, 3.8) is 0 Å². The van der Waals surface area contributed by atoms with E-state index in [1.807, 2.05) is 0 Å². The van der Waals surface area contributed by atoms with Crippen molar-refractivity contribution in [3.8, 4) is 0 Å². The van der Waals surface area contributed by atoms with Crippen LogP contribution in [0.3, 0.4) is 0 Å². The molecule has 4 nitrogen and oxygen atoms in total. The molecule has 0 amide bonds. The van der Waals surface area contributed by atoms with Gasteiger partial charge >= 0.3 is 0 Å². The normalized spacial score (nSPS) is 15.7. The summed E-state index contributed by atoms with van der Waals surface area (Å²) in [7, 11) is -3.58. The molecule has 2 N–H and O–H groups in total. The van der Waals surface area contributed by atoms with Gasteiger partial charge in [-0.3, -0.25) is 0 Å². The first-order valence-electron chi connectivity index (χ1n) is 5.97. The lowest BCUT2D eigenvalue weighted by Crippen LogP contribution is -2.35. The Bertz CT molecular complexity index is 585. The van der Waals surface area contributed by atoms with E-state index in [1.165, 1.54) is 10.4 Å². The molecule has 0 unspecified atom stereocenters. The summed E-state index contributed by atoms with van der Waals surface area (Å²) >= 11 is 10.8.